The van der Waals surface area contributed by atoms with E-state index in [-0.39, 0.29) is 5.69 Å². The smallest absolute Gasteiger partial charge is 0.356 e. The Morgan fingerprint density at radius 3 is 2.25 bits per heavy atom. The minimum atomic E-state index is -1.05. The molecular weight excluding hydrogens is 156 g/mol. The van der Waals surface area contributed by atoms with E-state index in [4.69, 9.17) is 5.11 Å². The highest BCUT2D eigenvalue weighted by Gasteiger charge is 2.01. The molecule has 0 radical (unpaired) electrons. The maximum Gasteiger partial charge on any atom is 0.356 e. The third-order valence-electron chi connectivity index (χ3n) is 1.00. The van der Waals surface area contributed by atoms with E-state index >= 15 is 0 Å². The Morgan fingerprint density at radius 1 is 1.33 bits per heavy atom. The van der Waals surface area contributed by atoms with Crippen LogP contribution in [0.2, 0.25) is 0 Å². The zero-order valence-electron chi connectivity index (χ0n) is 7.40. The highest BCUT2D eigenvalue weighted by atomic mass is 16.4. The second-order valence-electron chi connectivity index (χ2n) is 1.85. The quantitative estimate of drug-likeness (QED) is 0.690. The molecule has 1 aromatic heterocycles. The molecule has 0 saturated carbocycles. The molecule has 1 rings (SSSR count). The predicted molar refractivity (Wildman–Crippen MR) is 45.1 cm³/mol. The van der Waals surface area contributed by atoms with Crippen LogP contribution in [0.3, 0.4) is 0 Å². The number of hydrogen-bond donors (Lipinski definition) is 1. The van der Waals surface area contributed by atoms with E-state index in [1.54, 1.807) is 6.92 Å². The Morgan fingerprint density at radius 2 is 1.92 bits per heavy atom. The summed E-state index contributed by atoms with van der Waals surface area (Å²) in [6, 6.07) is 0. The number of carboxylic acid groups (broad SMARTS) is 1. The second kappa shape index (κ2) is 5.23. The number of aromatic carboxylic acids is 1. The van der Waals surface area contributed by atoms with Crippen molar-refractivity contribution in [2.24, 2.45) is 0 Å². The first-order chi connectivity index (χ1) is 5.70. The van der Waals surface area contributed by atoms with Crippen molar-refractivity contribution in [2.75, 3.05) is 0 Å². The Bertz CT molecular complexity index is 244. The lowest BCUT2D eigenvalue weighted by atomic mass is 10.4. The molecule has 4 nitrogen and oxygen atoms in total. The van der Waals surface area contributed by atoms with Crippen LogP contribution >= 0.6 is 0 Å². The van der Waals surface area contributed by atoms with Crippen molar-refractivity contribution in [3.05, 3.63) is 23.8 Å². The normalized spacial score (nSPS) is 8.25. The van der Waals surface area contributed by atoms with Gasteiger partial charge < -0.3 is 5.11 Å². The topological polar surface area (TPSA) is 63.1 Å². The lowest BCUT2D eigenvalue weighted by molar-refractivity contribution is 0.0690. The van der Waals surface area contributed by atoms with Gasteiger partial charge in [0, 0.05) is 6.20 Å². The summed E-state index contributed by atoms with van der Waals surface area (Å²) in [5.74, 6) is -1.05. The van der Waals surface area contributed by atoms with Gasteiger partial charge in [0.25, 0.3) is 0 Å². The molecule has 0 bridgehead atoms. The van der Waals surface area contributed by atoms with Crippen LogP contribution in [-0.2, 0) is 0 Å². The summed E-state index contributed by atoms with van der Waals surface area (Å²) in [4.78, 5) is 17.6. The zero-order valence-corrected chi connectivity index (χ0v) is 7.40. The van der Waals surface area contributed by atoms with Gasteiger partial charge in [-0.25, -0.2) is 9.78 Å². The van der Waals surface area contributed by atoms with Crippen LogP contribution in [0.5, 0.6) is 0 Å². The van der Waals surface area contributed by atoms with Crippen molar-refractivity contribution in [3.63, 3.8) is 0 Å². The van der Waals surface area contributed by atoms with Gasteiger partial charge in [0.2, 0.25) is 0 Å². The Balaban J connectivity index is 0.000000561. The third-order valence-corrected chi connectivity index (χ3v) is 1.00. The summed E-state index contributed by atoms with van der Waals surface area (Å²) >= 11 is 0. The van der Waals surface area contributed by atoms with Crippen LogP contribution in [0.25, 0.3) is 0 Å². The standard InChI is InChI=1S/C6H6N2O2.C2H6/c1-4-2-8-5(3-7-4)6(9)10;1-2/h2-3H,1H3,(H,9,10);1-2H3. The van der Waals surface area contributed by atoms with Crippen LogP contribution in [0.15, 0.2) is 12.4 Å². The van der Waals surface area contributed by atoms with E-state index in [1.165, 1.54) is 12.4 Å². The number of hydrogen-bond acceptors (Lipinski definition) is 3. The van der Waals surface area contributed by atoms with Crippen LogP contribution in [-0.4, -0.2) is 21.0 Å². The lowest BCUT2D eigenvalue weighted by Gasteiger charge is -1.91. The largest absolute Gasteiger partial charge is 0.476 e. The minimum absolute atomic E-state index is 0.0226. The van der Waals surface area contributed by atoms with E-state index in [9.17, 15) is 4.79 Å². The summed E-state index contributed by atoms with van der Waals surface area (Å²) in [7, 11) is 0. The molecule has 0 atom stereocenters. The molecule has 0 aliphatic rings. The Labute approximate surface area is 71.3 Å². The predicted octanol–water partition coefficient (Wildman–Crippen LogP) is 1.51. The first-order valence-electron chi connectivity index (χ1n) is 3.72. The van der Waals surface area contributed by atoms with E-state index in [0.717, 1.165) is 0 Å². The highest BCUT2D eigenvalue weighted by molar-refractivity contribution is 5.84. The molecule has 66 valence electrons. The van der Waals surface area contributed by atoms with Gasteiger partial charge in [-0.05, 0) is 6.92 Å². The molecule has 4 heteroatoms. The summed E-state index contributed by atoms with van der Waals surface area (Å²) < 4.78 is 0. The fourth-order valence-corrected chi connectivity index (χ4v) is 0.503. The molecule has 12 heavy (non-hydrogen) atoms. The zero-order chi connectivity index (χ0) is 9.56. The van der Waals surface area contributed by atoms with Crippen LogP contribution < -0.4 is 0 Å². The number of nitrogens with zero attached hydrogens (tertiary/aromatic N) is 2. The summed E-state index contributed by atoms with van der Waals surface area (Å²) in [5.41, 5.74) is 0.690. The maximum absolute atomic E-state index is 10.2. The van der Waals surface area contributed by atoms with Crippen molar-refractivity contribution in [2.45, 2.75) is 20.8 Å². The van der Waals surface area contributed by atoms with E-state index in [2.05, 4.69) is 9.97 Å². The molecule has 1 aromatic rings. The van der Waals surface area contributed by atoms with Gasteiger partial charge in [-0.2, -0.15) is 0 Å². The first kappa shape index (κ1) is 10.6. The average molecular weight is 168 g/mol. The van der Waals surface area contributed by atoms with Crippen LogP contribution in [0, 0.1) is 6.92 Å². The number of aryl methyl sites for hydroxylation is 1. The van der Waals surface area contributed by atoms with Crippen molar-refractivity contribution in [1.29, 1.82) is 0 Å². The SMILES string of the molecule is CC.Cc1cnc(C(=O)O)cn1. The van der Waals surface area contributed by atoms with Gasteiger partial charge in [0.15, 0.2) is 5.69 Å². The molecule has 1 heterocycles. The van der Waals surface area contributed by atoms with Crippen molar-refractivity contribution >= 4 is 5.97 Å². The molecule has 0 fully saturated rings. The van der Waals surface area contributed by atoms with Gasteiger partial charge >= 0.3 is 5.97 Å². The number of carbonyl (C=O) groups is 1. The van der Waals surface area contributed by atoms with Gasteiger partial charge in [0.1, 0.15) is 0 Å². The highest BCUT2D eigenvalue weighted by Crippen LogP contribution is 1.92. The summed E-state index contributed by atoms with van der Waals surface area (Å²) in [6.45, 7) is 5.75. The van der Waals surface area contributed by atoms with E-state index < -0.39 is 5.97 Å². The van der Waals surface area contributed by atoms with Crippen LogP contribution in [0.1, 0.15) is 30.0 Å². The molecular formula is C8H12N2O2. The fraction of sp³-hybridized carbons (Fsp3) is 0.375. The Kier molecular flexibility index (Phi) is 4.60. The number of carboxylic acids is 1. The van der Waals surface area contributed by atoms with Gasteiger partial charge in [-0.15, -0.1) is 0 Å². The second-order valence-corrected chi connectivity index (χ2v) is 1.85. The van der Waals surface area contributed by atoms with E-state index in [0.29, 0.717) is 5.69 Å². The number of aromatic nitrogens is 2. The first-order valence-corrected chi connectivity index (χ1v) is 3.72. The minimum Gasteiger partial charge on any atom is -0.476 e. The van der Waals surface area contributed by atoms with Gasteiger partial charge in [-0.1, -0.05) is 13.8 Å². The maximum atomic E-state index is 10.2. The molecule has 0 unspecified atom stereocenters. The molecule has 0 spiro atoms. The van der Waals surface area contributed by atoms with Crippen molar-refractivity contribution in [1.82, 2.24) is 9.97 Å². The van der Waals surface area contributed by atoms with Crippen molar-refractivity contribution < 1.29 is 9.90 Å². The molecule has 0 amide bonds. The lowest BCUT2D eigenvalue weighted by Crippen LogP contribution is -2.00. The fourth-order valence-electron chi connectivity index (χ4n) is 0.503. The van der Waals surface area contributed by atoms with E-state index in [1.807, 2.05) is 13.8 Å². The molecule has 1 N–H and O–H groups in total. The number of rotatable bonds is 1. The van der Waals surface area contributed by atoms with Crippen LogP contribution in [0.4, 0.5) is 0 Å². The Hall–Kier alpha value is -1.45. The molecule has 0 saturated heterocycles. The summed E-state index contributed by atoms with van der Waals surface area (Å²) in [6.07, 6.45) is 2.65. The monoisotopic (exact) mass is 168 g/mol. The summed E-state index contributed by atoms with van der Waals surface area (Å²) in [5, 5.41) is 8.37. The van der Waals surface area contributed by atoms with Gasteiger partial charge in [-0.3, -0.25) is 4.98 Å². The van der Waals surface area contributed by atoms with Crippen molar-refractivity contribution in [3.8, 4) is 0 Å². The third kappa shape index (κ3) is 3.09. The van der Waals surface area contributed by atoms with Gasteiger partial charge in [0.05, 0.1) is 11.9 Å². The molecule has 0 aromatic carbocycles. The average Bonchev–Trinajstić information content (AvgIpc) is 2.09. The molecule has 0 aliphatic heterocycles. The molecule has 0 aliphatic carbocycles.